The maximum Gasteiger partial charge on any atom is 0.262 e. The molecule has 0 radical (unpaired) electrons. The maximum absolute atomic E-state index is 12.4. The van der Waals surface area contributed by atoms with Crippen molar-refractivity contribution in [3.05, 3.63) is 46.4 Å². The third-order valence-corrected chi connectivity index (χ3v) is 5.05. The minimum absolute atomic E-state index is 0.198. The summed E-state index contributed by atoms with van der Waals surface area (Å²) in [4.78, 5) is 0.198. The molecule has 0 aliphatic rings. The molecule has 0 saturated heterocycles. The van der Waals surface area contributed by atoms with E-state index in [1.54, 1.807) is 44.4 Å². The summed E-state index contributed by atoms with van der Waals surface area (Å²) in [5, 5.41) is 0. The lowest BCUT2D eigenvalue weighted by Crippen LogP contribution is -2.14. The Morgan fingerprint density at radius 2 is 1.90 bits per heavy atom. The van der Waals surface area contributed by atoms with Crippen LogP contribution in [-0.4, -0.2) is 15.5 Å². The predicted octanol–water partition coefficient (Wildman–Crippen LogP) is 3.15. The third kappa shape index (κ3) is 3.48. The molecule has 2 aromatic rings. The van der Waals surface area contributed by atoms with Gasteiger partial charge in [-0.25, -0.2) is 8.42 Å². The zero-order valence-corrected chi connectivity index (χ0v) is 14.0. The number of rotatable bonds is 4. The van der Waals surface area contributed by atoms with Crippen molar-refractivity contribution in [2.75, 3.05) is 17.6 Å². The van der Waals surface area contributed by atoms with Crippen molar-refractivity contribution in [3.8, 4) is 5.75 Å². The van der Waals surface area contributed by atoms with Crippen LogP contribution in [0.4, 0.5) is 11.4 Å². The zero-order valence-electron chi connectivity index (χ0n) is 11.6. The standard InChI is InChI=1S/C14H15BrN2O3S/c1-9-7-10(16)3-6-14(9)21(18,19)17-11-4-5-13(20-2)12(15)8-11/h3-8,17H,16H2,1-2H3. The van der Waals surface area contributed by atoms with Crippen LogP contribution in [0, 0.1) is 6.92 Å². The number of anilines is 2. The first kappa shape index (κ1) is 15.7. The average molecular weight is 371 g/mol. The van der Waals surface area contributed by atoms with E-state index < -0.39 is 10.0 Å². The second-order valence-corrected chi connectivity index (χ2v) is 6.98. The number of hydrogen-bond acceptors (Lipinski definition) is 4. The zero-order chi connectivity index (χ0) is 15.6. The smallest absolute Gasteiger partial charge is 0.262 e. The Labute approximate surface area is 132 Å². The van der Waals surface area contributed by atoms with Crippen molar-refractivity contribution in [1.82, 2.24) is 0 Å². The van der Waals surface area contributed by atoms with Gasteiger partial charge in [0.2, 0.25) is 0 Å². The summed E-state index contributed by atoms with van der Waals surface area (Å²) in [5.74, 6) is 0.626. The van der Waals surface area contributed by atoms with Gasteiger partial charge in [-0.3, -0.25) is 4.72 Å². The van der Waals surface area contributed by atoms with Gasteiger partial charge in [0.15, 0.2) is 0 Å². The van der Waals surface area contributed by atoms with E-state index in [-0.39, 0.29) is 4.90 Å². The van der Waals surface area contributed by atoms with Gasteiger partial charge in [0.25, 0.3) is 10.0 Å². The lowest BCUT2D eigenvalue weighted by atomic mass is 10.2. The molecular formula is C14H15BrN2O3S. The summed E-state index contributed by atoms with van der Waals surface area (Å²) in [6, 6.07) is 9.63. The van der Waals surface area contributed by atoms with Gasteiger partial charge in [-0.15, -0.1) is 0 Å². The Morgan fingerprint density at radius 1 is 1.19 bits per heavy atom. The molecule has 0 bridgehead atoms. The molecule has 21 heavy (non-hydrogen) atoms. The van der Waals surface area contributed by atoms with Crippen molar-refractivity contribution in [3.63, 3.8) is 0 Å². The molecule has 3 N–H and O–H groups in total. The largest absolute Gasteiger partial charge is 0.496 e. The van der Waals surface area contributed by atoms with Crippen LogP contribution in [0.1, 0.15) is 5.56 Å². The first-order valence-corrected chi connectivity index (χ1v) is 8.33. The molecule has 5 nitrogen and oxygen atoms in total. The number of benzene rings is 2. The van der Waals surface area contributed by atoms with Crippen molar-refractivity contribution in [1.29, 1.82) is 0 Å². The lowest BCUT2D eigenvalue weighted by Gasteiger charge is -2.12. The molecule has 0 unspecified atom stereocenters. The molecule has 7 heteroatoms. The van der Waals surface area contributed by atoms with E-state index in [2.05, 4.69) is 20.7 Å². The fourth-order valence-corrected chi connectivity index (χ4v) is 3.73. The SMILES string of the molecule is COc1ccc(NS(=O)(=O)c2ccc(N)cc2C)cc1Br. The average Bonchev–Trinajstić information content (AvgIpc) is 2.37. The van der Waals surface area contributed by atoms with Crippen LogP contribution in [0.2, 0.25) is 0 Å². The lowest BCUT2D eigenvalue weighted by molar-refractivity contribution is 0.412. The van der Waals surface area contributed by atoms with Crippen LogP contribution >= 0.6 is 15.9 Å². The minimum atomic E-state index is -3.66. The molecular weight excluding hydrogens is 356 g/mol. The Bertz CT molecular complexity index is 776. The monoisotopic (exact) mass is 370 g/mol. The van der Waals surface area contributed by atoms with E-state index in [4.69, 9.17) is 10.5 Å². The van der Waals surface area contributed by atoms with Crippen LogP contribution in [0.25, 0.3) is 0 Å². The molecule has 0 fully saturated rings. The Balaban J connectivity index is 2.35. The fraction of sp³-hybridized carbons (Fsp3) is 0.143. The molecule has 0 heterocycles. The summed E-state index contributed by atoms with van der Waals surface area (Å²) in [6.45, 7) is 1.70. The molecule has 0 aliphatic carbocycles. The van der Waals surface area contributed by atoms with E-state index in [1.807, 2.05) is 0 Å². The number of methoxy groups -OCH3 is 1. The normalized spacial score (nSPS) is 11.2. The molecule has 2 aromatic carbocycles. The number of aryl methyl sites for hydroxylation is 1. The fourth-order valence-electron chi connectivity index (χ4n) is 1.91. The quantitative estimate of drug-likeness (QED) is 0.809. The molecule has 112 valence electrons. The highest BCUT2D eigenvalue weighted by Gasteiger charge is 2.17. The summed E-state index contributed by atoms with van der Waals surface area (Å²) in [5.41, 5.74) is 7.20. The molecule has 2 rings (SSSR count). The Kier molecular flexibility index (Phi) is 4.43. The van der Waals surface area contributed by atoms with Crippen LogP contribution in [0.5, 0.6) is 5.75 Å². The third-order valence-electron chi connectivity index (χ3n) is 2.89. The highest BCUT2D eigenvalue weighted by Crippen LogP contribution is 2.29. The summed E-state index contributed by atoms with van der Waals surface area (Å²) >= 11 is 3.32. The van der Waals surface area contributed by atoms with Gasteiger partial charge < -0.3 is 10.5 Å². The van der Waals surface area contributed by atoms with Crippen molar-refractivity contribution in [2.24, 2.45) is 0 Å². The molecule has 0 aromatic heterocycles. The Hall–Kier alpha value is -1.73. The van der Waals surface area contributed by atoms with Crippen LogP contribution in [0.15, 0.2) is 45.8 Å². The van der Waals surface area contributed by atoms with Gasteiger partial charge in [0.05, 0.1) is 22.2 Å². The molecule has 0 amide bonds. The number of hydrogen-bond donors (Lipinski definition) is 2. The van der Waals surface area contributed by atoms with Gasteiger partial charge in [0.1, 0.15) is 5.75 Å². The van der Waals surface area contributed by atoms with Crippen LogP contribution < -0.4 is 15.2 Å². The minimum Gasteiger partial charge on any atom is -0.496 e. The van der Waals surface area contributed by atoms with Gasteiger partial charge in [-0.05, 0) is 64.8 Å². The van der Waals surface area contributed by atoms with Gasteiger partial charge in [-0.2, -0.15) is 0 Å². The van der Waals surface area contributed by atoms with E-state index in [1.165, 1.54) is 6.07 Å². The van der Waals surface area contributed by atoms with E-state index >= 15 is 0 Å². The maximum atomic E-state index is 12.4. The van der Waals surface area contributed by atoms with Gasteiger partial charge >= 0.3 is 0 Å². The van der Waals surface area contributed by atoms with Crippen molar-refractivity contribution >= 4 is 37.3 Å². The van der Waals surface area contributed by atoms with Gasteiger partial charge in [0, 0.05) is 5.69 Å². The number of halogens is 1. The van der Waals surface area contributed by atoms with E-state index in [9.17, 15) is 8.42 Å². The van der Waals surface area contributed by atoms with Crippen LogP contribution in [-0.2, 0) is 10.0 Å². The highest BCUT2D eigenvalue weighted by atomic mass is 79.9. The number of sulfonamides is 1. The number of ether oxygens (including phenoxy) is 1. The summed E-state index contributed by atoms with van der Waals surface area (Å²) in [6.07, 6.45) is 0. The van der Waals surface area contributed by atoms with E-state index in [0.29, 0.717) is 27.2 Å². The van der Waals surface area contributed by atoms with Gasteiger partial charge in [-0.1, -0.05) is 0 Å². The number of nitrogen functional groups attached to an aromatic ring is 1. The topological polar surface area (TPSA) is 81.4 Å². The summed E-state index contributed by atoms with van der Waals surface area (Å²) < 4.78 is 33.1. The molecule has 0 saturated carbocycles. The molecule has 0 atom stereocenters. The first-order chi connectivity index (χ1) is 9.83. The second-order valence-electron chi connectivity index (χ2n) is 4.48. The number of nitrogens with two attached hydrogens (primary N) is 1. The predicted molar refractivity (Wildman–Crippen MR) is 87.1 cm³/mol. The van der Waals surface area contributed by atoms with Crippen molar-refractivity contribution < 1.29 is 13.2 Å². The second kappa shape index (κ2) is 5.95. The molecule has 0 aliphatic heterocycles. The number of nitrogens with one attached hydrogen (secondary N) is 1. The Morgan fingerprint density at radius 3 is 2.48 bits per heavy atom. The first-order valence-electron chi connectivity index (χ1n) is 6.06. The molecule has 0 spiro atoms. The summed E-state index contributed by atoms with van der Waals surface area (Å²) in [7, 11) is -2.12. The van der Waals surface area contributed by atoms with E-state index in [0.717, 1.165) is 0 Å². The van der Waals surface area contributed by atoms with Crippen LogP contribution in [0.3, 0.4) is 0 Å². The highest BCUT2D eigenvalue weighted by molar-refractivity contribution is 9.10. The van der Waals surface area contributed by atoms with Crippen molar-refractivity contribution in [2.45, 2.75) is 11.8 Å².